The van der Waals surface area contributed by atoms with Crippen LogP contribution in [0, 0.1) is 11.8 Å². The number of carbonyl (C=O) groups excluding carboxylic acids is 4. The molecule has 1 aliphatic carbocycles. The van der Waals surface area contributed by atoms with Crippen molar-refractivity contribution < 1.29 is 19.2 Å². The molecule has 0 spiro atoms. The Hall–Kier alpha value is -2.48. The van der Waals surface area contributed by atoms with Crippen molar-refractivity contribution in [1.82, 2.24) is 10.6 Å². The van der Waals surface area contributed by atoms with Gasteiger partial charge >= 0.3 is 0 Å². The second-order valence-electron chi connectivity index (χ2n) is 7.24. The third-order valence-corrected chi connectivity index (χ3v) is 5.83. The minimum atomic E-state index is -0.903. The van der Waals surface area contributed by atoms with E-state index in [1.807, 2.05) is 37.3 Å². The van der Waals surface area contributed by atoms with Gasteiger partial charge in [-0.25, -0.2) is 0 Å². The average molecular weight is 401 g/mol. The number of carbonyl (C=O) groups is 4. The van der Waals surface area contributed by atoms with E-state index in [2.05, 4.69) is 15.6 Å². The zero-order valence-corrected chi connectivity index (χ0v) is 16.4. The Balaban J connectivity index is 1.69. The van der Waals surface area contributed by atoms with Crippen LogP contribution >= 0.6 is 11.8 Å². The number of hydrogen-bond donors (Lipinski definition) is 2. The van der Waals surface area contributed by atoms with Crippen LogP contribution in [0.4, 0.5) is 0 Å². The van der Waals surface area contributed by atoms with E-state index in [9.17, 15) is 19.2 Å². The van der Waals surface area contributed by atoms with Crippen molar-refractivity contribution >= 4 is 40.8 Å². The predicted octanol–water partition coefficient (Wildman–Crippen LogP) is 1.12. The third-order valence-electron chi connectivity index (χ3n) is 5.05. The van der Waals surface area contributed by atoms with Crippen LogP contribution in [0.2, 0.25) is 0 Å². The number of imide groups is 1. The Morgan fingerprint density at radius 1 is 1.18 bits per heavy atom. The van der Waals surface area contributed by atoms with Crippen molar-refractivity contribution in [2.24, 2.45) is 16.8 Å². The van der Waals surface area contributed by atoms with Crippen LogP contribution in [0.5, 0.6) is 0 Å². The van der Waals surface area contributed by atoms with E-state index in [-0.39, 0.29) is 30.4 Å². The Bertz CT molecular complexity index is 796. The van der Waals surface area contributed by atoms with Crippen molar-refractivity contribution in [1.29, 1.82) is 0 Å². The van der Waals surface area contributed by atoms with E-state index >= 15 is 0 Å². The van der Waals surface area contributed by atoms with Gasteiger partial charge in [0.1, 0.15) is 17.9 Å². The van der Waals surface area contributed by atoms with Gasteiger partial charge in [-0.15, -0.1) is 11.8 Å². The van der Waals surface area contributed by atoms with Gasteiger partial charge in [0.25, 0.3) is 5.91 Å². The first-order valence-electron chi connectivity index (χ1n) is 9.28. The van der Waals surface area contributed by atoms with Gasteiger partial charge in [-0.3, -0.25) is 29.5 Å². The van der Waals surface area contributed by atoms with Crippen LogP contribution in [-0.2, 0) is 25.6 Å². The number of Topliss-reactive ketones (excluding diaryl/α,β-unsaturated/α-hetero) is 1. The SMILES string of the molecule is C[C@H]1CC(=O)C[C@H]1C(=O)N[C@@H](Cc1ccccc1)C(=O)NC(=O)C1CSC=N1. The first kappa shape index (κ1) is 20.3. The van der Waals surface area contributed by atoms with Crippen molar-refractivity contribution in [2.75, 3.05) is 5.75 Å². The summed E-state index contributed by atoms with van der Waals surface area (Å²) in [7, 11) is 0. The zero-order valence-electron chi connectivity index (χ0n) is 15.6. The molecule has 3 amide bonds. The molecular weight excluding hydrogens is 378 g/mol. The van der Waals surface area contributed by atoms with Gasteiger partial charge in [-0.2, -0.15) is 0 Å². The Labute approximate surface area is 167 Å². The first-order chi connectivity index (χ1) is 13.4. The summed E-state index contributed by atoms with van der Waals surface area (Å²) >= 11 is 1.41. The van der Waals surface area contributed by atoms with E-state index in [4.69, 9.17) is 0 Å². The molecule has 4 atom stereocenters. The Kier molecular flexibility index (Phi) is 6.61. The van der Waals surface area contributed by atoms with Gasteiger partial charge in [0, 0.05) is 30.9 Å². The fourth-order valence-corrected chi connectivity index (χ4v) is 4.19. The summed E-state index contributed by atoms with van der Waals surface area (Å²) in [6, 6.07) is 7.78. The molecule has 7 nitrogen and oxygen atoms in total. The topological polar surface area (TPSA) is 105 Å². The highest BCUT2D eigenvalue weighted by molar-refractivity contribution is 8.12. The number of benzene rings is 1. The lowest BCUT2D eigenvalue weighted by Gasteiger charge is -2.22. The second kappa shape index (κ2) is 9.14. The molecule has 1 aliphatic heterocycles. The third kappa shape index (κ3) is 5.07. The number of thioether (sulfide) groups is 1. The quantitative estimate of drug-likeness (QED) is 0.743. The number of nitrogens with one attached hydrogen (secondary N) is 2. The lowest BCUT2D eigenvalue weighted by Crippen LogP contribution is -2.52. The normalized spacial score (nSPS) is 24.8. The molecule has 3 rings (SSSR count). The minimum Gasteiger partial charge on any atom is -0.344 e. The fraction of sp³-hybridized carbons (Fsp3) is 0.450. The van der Waals surface area contributed by atoms with Crippen LogP contribution in [-0.4, -0.2) is 46.9 Å². The summed E-state index contributed by atoms with van der Waals surface area (Å²) in [5.41, 5.74) is 2.46. The van der Waals surface area contributed by atoms with Crippen LogP contribution < -0.4 is 10.6 Å². The van der Waals surface area contributed by atoms with Gasteiger partial charge in [-0.05, 0) is 11.5 Å². The molecule has 0 radical (unpaired) electrons. The number of nitrogens with zero attached hydrogens (tertiary/aromatic N) is 1. The summed E-state index contributed by atoms with van der Waals surface area (Å²) in [6.07, 6.45) is 0.826. The first-order valence-corrected chi connectivity index (χ1v) is 10.3. The number of amides is 3. The summed E-state index contributed by atoms with van der Waals surface area (Å²) in [4.78, 5) is 53.3. The molecular formula is C20H23N3O4S. The Morgan fingerprint density at radius 3 is 2.54 bits per heavy atom. The highest BCUT2D eigenvalue weighted by atomic mass is 32.2. The maximum Gasteiger partial charge on any atom is 0.252 e. The van der Waals surface area contributed by atoms with E-state index in [1.54, 1.807) is 5.55 Å². The molecule has 1 saturated carbocycles. The van der Waals surface area contributed by atoms with E-state index in [0.717, 1.165) is 5.56 Å². The minimum absolute atomic E-state index is 0.0561. The smallest absolute Gasteiger partial charge is 0.252 e. The molecule has 1 unspecified atom stereocenters. The van der Waals surface area contributed by atoms with Gasteiger partial charge in [0.2, 0.25) is 11.8 Å². The molecule has 1 heterocycles. The maximum atomic E-state index is 12.7. The van der Waals surface area contributed by atoms with Crippen molar-refractivity contribution in [3.63, 3.8) is 0 Å². The van der Waals surface area contributed by atoms with Crippen LogP contribution in [0.15, 0.2) is 35.3 Å². The molecule has 1 aromatic carbocycles. The molecule has 2 aliphatic rings. The monoisotopic (exact) mass is 401 g/mol. The van der Waals surface area contributed by atoms with Gasteiger partial charge in [0.15, 0.2) is 0 Å². The number of aliphatic imine (C=N–C) groups is 1. The van der Waals surface area contributed by atoms with Gasteiger partial charge in [-0.1, -0.05) is 37.3 Å². The van der Waals surface area contributed by atoms with Crippen molar-refractivity contribution in [2.45, 2.75) is 38.3 Å². The van der Waals surface area contributed by atoms with Crippen LogP contribution in [0.25, 0.3) is 0 Å². The molecule has 8 heteroatoms. The molecule has 0 bridgehead atoms. The lowest BCUT2D eigenvalue weighted by atomic mass is 9.96. The lowest BCUT2D eigenvalue weighted by molar-refractivity contribution is -0.135. The Morgan fingerprint density at radius 2 is 1.93 bits per heavy atom. The highest BCUT2D eigenvalue weighted by Crippen LogP contribution is 2.28. The van der Waals surface area contributed by atoms with E-state index in [1.165, 1.54) is 11.8 Å². The molecule has 1 fully saturated rings. The second-order valence-corrected chi connectivity index (χ2v) is 8.12. The number of rotatable bonds is 6. The molecule has 2 N–H and O–H groups in total. The van der Waals surface area contributed by atoms with E-state index < -0.39 is 29.8 Å². The standard InChI is InChI=1S/C20H23N3O4S/c1-12-7-14(24)9-15(12)18(25)22-16(8-13-5-3-2-4-6-13)19(26)23-20(27)17-10-28-11-21-17/h2-6,11-12,15-17H,7-10H2,1H3,(H,22,25)(H,23,26,27)/t12-,15+,16-,17?/m0/s1. The van der Waals surface area contributed by atoms with E-state index in [0.29, 0.717) is 12.2 Å². The zero-order chi connectivity index (χ0) is 20.1. The molecule has 0 saturated heterocycles. The largest absolute Gasteiger partial charge is 0.344 e. The molecule has 28 heavy (non-hydrogen) atoms. The summed E-state index contributed by atoms with van der Waals surface area (Å²) in [5, 5.41) is 5.13. The molecule has 1 aromatic rings. The number of ketones is 1. The van der Waals surface area contributed by atoms with Crippen molar-refractivity contribution in [3.05, 3.63) is 35.9 Å². The summed E-state index contributed by atoms with van der Waals surface area (Å²) in [6.45, 7) is 1.86. The summed E-state index contributed by atoms with van der Waals surface area (Å²) < 4.78 is 0. The maximum absolute atomic E-state index is 12.7. The van der Waals surface area contributed by atoms with Crippen LogP contribution in [0.3, 0.4) is 0 Å². The van der Waals surface area contributed by atoms with Gasteiger partial charge in [0.05, 0.1) is 5.55 Å². The molecule has 148 valence electrons. The average Bonchev–Trinajstić information content (AvgIpc) is 3.31. The van der Waals surface area contributed by atoms with Crippen LogP contribution in [0.1, 0.15) is 25.3 Å². The highest BCUT2D eigenvalue weighted by Gasteiger charge is 2.37. The number of hydrogen-bond acceptors (Lipinski definition) is 6. The summed E-state index contributed by atoms with van der Waals surface area (Å²) in [5.74, 6) is -1.30. The fourth-order valence-electron chi connectivity index (χ4n) is 3.45. The predicted molar refractivity (Wildman–Crippen MR) is 107 cm³/mol. The van der Waals surface area contributed by atoms with Crippen molar-refractivity contribution in [3.8, 4) is 0 Å². The van der Waals surface area contributed by atoms with Gasteiger partial charge < -0.3 is 5.32 Å². The molecule has 0 aromatic heterocycles.